The summed E-state index contributed by atoms with van der Waals surface area (Å²) in [6.45, 7) is 5.83. The van der Waals surface area contributed by atoms with Crippen molar-refractivity contribution in [3.05, 3.63) is 102 Å². The fourth-order valence-corrected chi connectivity index (χ4v) is 4.53. The minimum atomic E-state index is -0.448. The first kappa shape index (κ1) is 23.3. The number of aryl methyl sites for hydroxylation is 2. The van der Waals surface area contributed by atoms with Crippen molar-refractivity contribution < 1.29 is 4.79 Å². The first-order valence-electron chi connectivity index (χ1n) is 11.1. The van der Waals surface area contributed by atoms with Crippen LogP contribution in [0.15, 0.2) is 90.0 Å². The van der Waals surface area contributed by atoms with Gasteiger partial charge in [-0.15, -0.1) is 0 Å². The van der Waals surface area contributed by atoms with E-state index in [0.717, 1.165) is 39.2 Å². The molecule has 1 amide bonds. The van der Waals surface area contributed by atoms with Gasteiger partial charge in [0.2, 0.25) is 5.91 Å². The molecule has 0 bridgehead atoms. The minimum absolute atomic E-state index is 0.132. The van der Waals surface area contributed by atoms with E-state index in [0.29, 0.717) is 10.6 Å². The topological polar surface area (TPSA) is 65.8 Å². The van der Waals surface area contributed by atoms with E-state index in [1.54, 1.807) is 0 Å². The van der Waals surface area contributed by atoms with Crippen LogP contribution >= 0.6 is 11.8 Å². The Morgan fingerprint density at radius 2 is 1.62 bits per heavy atom. The van der Waals surface area contributed by atoms with E-state index in [-0.39, 0.29) is 5.91 Å². The molecule has 4 rings (SSSR count). The van der Waals surface area contributed by atoms with Crippen molar-refractivity contribution in [1.29, 1.82) is 5.26 Å². The van der Waals surface area contributed by atoms with Crippen molar-refractivity contribution in [3.8, 4) is 28.5 Å². The van der Waals surface area contributed by atoms with Gasteiger partial charge >= 0.3 is 0 Å². The number of amides is 1. The number of aromatic nitrogens is 1. The number of nitriles is 1. The molecule has 1 atom stereocenters. The van der Waals surface area contributed by atoms with Crippen molar-refractivity contribution in [1.82, 2.24) is 4.98 Å². The zero-order valence-electron chi connectivity index (χ0n) is 19.4. The number of hydrogen-bond acceptors (Lipinski definition) is 4. The van der Waals surface area contributed by atoms with E-state index in [4.69, 9.17) is 4.98 Å². The molecule has 0 radical (unpaired) electrons. The molecule has 4 aromatic rings. The van der Waals surface area contributed by atoms with Crippen LogP contribution in [0.25, 0.3) is 22.4 Å². The molecular formula is C29H25N3OS. The van der Waals surface area contributed by atoms with Crippen LogP contribution < -0.4 is 5.32 Å². The van der Waals surface area contributed by atoms with Crippen LogP contribution in [0.4, 0.5) is 5.69 Å². The third-order valence-electron chi connectivity index (χ3n) is 5.59. The number of carbonyl (C=O) groups excluding carboxylic acids is 1. The van der Waals surface area contributed by atoms with Crippen molar-refractivity contribution in [2.45, 2.75) is 31.0 Å². The number of rotatable bonds is 6. The molecule has 0 saturated carbocycles. The fourth-order valence-electron chi connectivity index (χ4n) is 3.60. The molecule has 0 saturated heterocycles. The second-order valence-electron chi connectivity index (χ2n) is 8.14. The van der Waals surface area contributed by atoms with Gasteiger partial charge in [-0.05, 0) is 44.0 Å². The summed E-state index contributed by atoms with van der Waals surface area (Å²) >= 11 is 1.30. The van der Waals surface area contributed by atoms with E-state index in [1.165, 1.54) is 11.8 Å². The second kappa shape index (κ2) is 10.4. The Morgan fingerprint density at radius 1 is 0.941 bits per heavy atom. The highest BCUT2D eigenvalue weighted by Crippen LogP contribution is 2.36. The van der Waals surface area contributed by atoms with Crippen LogP contribution in [-0.4, -0.2) is 16.1 Å². The van der Waals surface area contributed by atoms with Crippen LogP contribution in [0, 0.1) is 25.2 Å². The van der Waals surface area contributed by atoms with Crippen LogP contribution in [0.1, 0.15) is 23.6 Å². The van der Waals surface area contributed by atoms with E-state index in [2.05, 4.69) is 11.4 Å². The average Bonchev–Trinajstić information content (AvgIpc) is 2.86. The Hall–Kier alpha value is -3.88. The van der Waals surface area contributed by atoms with Crippen molar-refractivity contribution in [2.75, 3.05) is 5.32 Å². The molecule has 1 heterocycles. The maximum atomic E-state index is 13.0. The van der Waals surface area contributed by atoms with Crippen LogP contribution in [0.3, 0.4) is 0 Å². The molecular weight excluding hydrogens is 438 g/mol. The Kier molecular flexibility index (Phi) is 7.10. The highest BCUT2D eigenvalue weighted by molar-refractivity contribution is 8.00. The second-order valence-corrected chi connectivity index (χ2v) is 9.47. The number of thioether (sulfide) groups is 1. The van der Waals surface area contributed by atoms with Gasteiger partial charge < -0.3 is 5.32 Å². The summed E-state index contributed by atoms with van der Waals surface area (Å²) in [5.41, 5.74) is 6.89. The highest BCUT2D eigenvalue weighted by Gasteiger charge is 2.22. The third kappa shape index (κ3) is 5.19. The standard InChI is InChI=1S/C29H25N3OS/c1-19-13-15-22(16-14-19)24-17-27(23-10-5-4-6-11-23)32-29(25(24)18-30)34-21(3)28(33)31-26-12-8-7-9-20(26)2/h4-17,21H,1-3H3,(H,31,33)/t21-/m0/s1. The Labute approximate surface area is 204 Å². The Bertz CT molecular complexity index is 1360. The van der Waals surface area contributed by atoms with Crippen LogP contribution in [0.2, 0.25) is 0 Å². The predicted molar refractivity (Wildman–Crippen MR) is 140 cm³/mol. The van der Waals surface area contributed by atoms with Gasteiger partial charge in [0.25, 0.3) is 0 Å². The average molecular weight is 464 g/mol. The Balaban J connectivity index is 1.74. The minimum Gasteiger partial charge on any atom is -0.325 e. The largest absolute Gasteiger partial charge is 0.325 e. The zero-order chi connectivity index (χ0) is 24.1. The summed E-state index contributed by atoms with van der Waals surface area (Å²) < 4.78 is 0. The number of nitrogens with one attached hydrogen (secondary N) is 1. The molecule has 0 spiro atoms. The number of pyridine rings is 1. The molecule has 0 aliphatic heterocycles. The summed E-state index contributed by atoms with van der Waals surface area (Å²) in [6, 6.07) is 30.0. The van der Waals surface area contributed by atoms with E-state index < -0.39 is 5.25 Å². The molecule has 168 valence electrons. The highest BCUT2D eigenvalue weighted by atomic mass is 32.2. The molecule has 1 N–H and O–H groups in total. The quantitative estimate of drug-likeness (QED) is 0.312. The molecule has 1 aromatic heterocycles. The first-order chi connectivity index (χ1) is 16.5. The van der Waals surface area contributed by atoms with Gasteiger partial charge in [-0.3, -0.25) is 4.79 Å². The van der Waals surface area contributed by atoms with Crippen molar-refractivity contribution >= 4 is 23.4 Å². The summed E-state index contributed by atoms with van der Waals surface area (Å²) in [5, 5.41) is 13.2. The van der Waals surface area contributed by atoms with Crippen LogP contribution in [0.5, 0.6) is 0 Å². The lowest BCUT2D eigenvalue weighted by Crippen LogP contribution is -2.23. The van der Waals surface area contributed by atoms with Gasteiger partial charge in [-0.1, -0.05) is 90.1 Å². The monoisotopic (exact) mass is 463 g/mol. The molecule has 34 heavy (non-hydrogen) atoms. The lowest BCUT2D eigenvalue weighted by molar-refractivity contribution is -0.115. The number of anilines is 1. The van der Waals surface area contributed by atoms with Gasteiger partial charge in [0.15, 0.2) is 0 Å². The lowest BCUT2D eigenvalue weighted by Gasteiger charge is -2.16. The van der Waals surface area contributed by atoms with Gasteiger partial charge in [0, 0.05) is 16.8 Å². The summed E-state index contributed by atoms with van der Waals surface area (Å²) in [7, 11) is 0. The van der Waals surface area contributed by atoms with Gasteiger partial charge in [0.1, 0.15) is 11.1 Å². The number of para-hydroxylation sites is 1. The molecule has 5 heteroatoms. The fraction of sp³-hybridized carbons (Fsp3) is 0.138. The van der Waals surface area contributed by atoms with Gasteiger partial charge in [-0.2, -0.15) is 5.26 Å². The number of hydrogen-bond donors (Lipinski definition) is 1. The van der Waals surface area contributed by atoms with Crippen LogP contribution in [-0.2, 0) is 4.79 Å². The smallest absolute Gasteiger partial charge is 0.237 e. The van der Waals surface area contributed by atoms with Crippen molar-refractivity contribution in [3.63, 3.8) is 0 Å². The van der Waals surface area contributed by atoms with E-state index in [9.17, 15) is 10.1 Å². The lowest BCUT2D eigenvalue weighted by atomic mass is 9.98. The normalized spacial score (nSPS) is 11.5. The molecule has 4 nitrogen and oxygen atoms in total. The maximum absolute atomic E-state index is 13.0. The van der Waals surface area contributed by atoms with E-state index >= 15 is 0 Å². The molecule has 0 aliphatic rings. The zero-order valence-corrected chi connectivity index (χ0v) is 20.2. The first-order valence-corrected chi connectivity index (χ1v) is 11.9. The number of benzene rings is 3. The van der Waals surface area contributed by atoms with Gasteiger partial charge in [-0.25, -0.2) is 4.98 Å². The SMILES string of the molecule is Cc1ccc(-c2cc(-c3ccccc3)nc(S[C@@H](C)C(=O)Nc3ccccc3C)c2C#N)cc1. The van der Waals surface area contributed by atoms with Crippen molar-refractivity contribution in [2.24, 2.45) is 0 Å². The molecule has 0 fully saturated rings. The maximum Gasteiger partial charge on any atom is 0.237 e. The van der Waals surface area contributed by atoms with Gasteiger partial charge in [0.05, 0.1) is 16.5 Å². The molecule has 0 aliphatic carbocycles. The summed E-state index contributed by atoms with van der Waals surface area (Å²) in [5.74, 6) is -0.132. The molecule has 0 unspecified atom stereocenters. The Morgan fingerprint density at radius 3 is 2.29 bits per heavy atom. The molecule has 3 aromatic carbocycles. The number of nitrogens with zero attached hydrogens (tertiary/aromatic N) is 2. The number of carbonyl (C=O) groups is 1. The summed E-state index contributed by atoms with van der Waals surface area (Å²) in [4.78, 5) is 17.8. The predicted octanol–water partition coefficient (Wildman–Crippen LogP) is 7.02. The summed E-state index contributed by atoms with van der Waals surface area (Å²) in [6.07, 6.45) is 0. The van der Waals surface area contributed by atoms with E-state index in [1.807, 2.05) is 106 Å². The third-order valence-corrected chi connectivity index (χ3v) is 6.68.